The van der Waals surface area contributed by atoms with Crippen LogP contribution in [0.3, 0.4) is 0 Å². The third kappa shape index (κ3) is 4.64. The number of methoxy groups -OCH3 is 1. The smallest absolute Gasteiger partial charge is 0.242 e. The van der Waals surface area contributed by atoms with Gasteiger partial charge in [-0.25, -0.2) is 21.6 Å². The zero-order chi connectivity index (χ0) is 16.3. The SMILES string of the molecule is COC(C)CNS(=O)(=O)c1cc(S(C)(=O)=O)ccc1NN. The van der Waals surface area contributed by atoms with Gasteiger partial charge in [0.05, 0.1) is 16.7 Å². The number of sulfone groups is 1. The normalized spacial score (nSPS) is 13.9. The van der Waals surface area contributed by atoms with Crippen LogP contribution in [0.25, 0.3) is 0 Å². The van der Waals surface area contributed by atoms with Crippen molar-refractivity contribution in [2.75, 3.05) is 25.3 Å². The van der Waals surface area contributed by atoms with Crippen molar-refractivity contribution < 1.29 is 21.6 Å². The lowest BCUT2D eigenvalue weighted by Crippen LogP contribution is -2.32. The molecule has 0 saturated heterocycles. The highest BCUT2D eigenvalue weighted by Crippen LogP contribution is 2.24. The highest BCUT2D eigenvalue weighted by molar-refractivity contribution is 7.91. The fourth-order valence-electron chi connectivity index (χ4n) is 1.46. The number of hydrazine groups is 1. The lowest BCUT2D eigenvalue weighted by molar-refractivity contribution is 0.122. The van der Waals surface area contributed by atoms with Crippen LogP contribution in [-0.2, 0) is 24.6 Å². The summed E-state index contributed by atoms with van der Waals surface area (Å²) in [5.41, 5.74) is 2.33. The molecule has 1 aromatic rings. The van der Waals surface area contributed by atoms with Crippen LogP contribution >= 0.6 is 0 Å². The van der Waals surface area contributed by atoms with Gasteiger partial charge in [0.15, 0.2) is 9.84 Å². The van der Waals surface area contributed by atoms with E-state index in [1.165, 1.54) is 19.2 Å². The number of ether oxygens (including phenoxy) is 1. The number of benzene rings is 1. The molecule has 1 rings (SSSR count). The second-order valence-corrected chi connectivity index (χ2v) is 8.22. The summed E-state index contributed by atoms with van der Waals surface area (Å²) in [6.45, 7) is 1.74. The van der Waals surface area contributed by atoms with Gasteiger partial charge in [0.25, 0.3) is 0 Å². The van der Waals surface area contributed by atoms with Crippen LogP contribution in [0.1, 0.15) is 6.92 Å². The van der Waals surface area contributed by atoms with E-state index in [9.17, 15) is 16.8 Å². The molecule has 0 amide bonds. The first-order valence-electron chi connectivity index (χ1n) is 5.95. The van der Waals surface area contributed by atoms with Gasteiger partial charge in [-0.1, -0.05) is 0 Å². The van der Waals surface area contributed by atoms with Gasteiger partial charge in [0.2, 0.25) is 10.0 Å². The van der Waals surface area contributed by atoms with Crippen molar-refractivity contribution in [3.63, 3.8) is 0 Å². The van der Waals surface area contributed by atoms with E-state index in [0.29, 0.717) is 0 Å². The van der Waals surface area contributed by atoms with Crippen LogP contribution in [0.4, 0.5) is 5.69 Å². The van der Waals surface area contributed by atoms with Crippen molar-refractivity contribution in [3.05, 3.63) is 18.2 Å². The summed E-state index contributed by atoms with van der Waals surface area (Å²) in [6, 6.07) is 3.64. The monoisotopic (exact) mass is 337 g/mol. The minimum atomic E-state index is -3.93. The van der Waals surface area contributed by atoms with E-state index in [0.717, 1.165) is 12.3 Å². The van der Waals surface area contributed by atoms with Gasteiger partial charge in [0, 0.05) is 19.9 Å². The lowest BCUT2D eigenvalue weighted by Gasteiger charge is -2.14. The molecule has 1 atom stereocenters. The Bertz CT molecular complexity index is 701. The van der Waals surface area contributed by atoms with E-state index < -0.39 is 19.9 Å². The molecule has 0 bridgehead atoms. The number of anilines is 1. The first-order valence-corrected chi connectivity index (χ1v) is 9.32. The Balaban J connectivity index is 3.26. The van der Waals surface area contributed by atoms with Crippen molar-refractivity contribution >= 4 is 25.5 Å². The molecule has 0 aliphatic carbocycles. The number of hydrogen-bond donors (Lipinski definition) is 3. The average molecular weight is 337 g/mol. The number of hydrogen-bond acceptors (Lipinski definition) is 7. The Labute approximate surface area is 124 Å². The molecule has 4 N–H and O–H groups in total. The number of nitrogen functional groups attached to an aromatic ring is 1. The van der Waals surface area contributed by atoms with Crippen LogP contribution in [0.2, 0.25) is 0 Å². The molecule has 0 aliphatic rings. The molecule has 0 aromatic heterocycles. The highest BCUT2D eigenvalue weighted by atomic mass is 32.2. The zero-order valence-corrected chi connectivity index (χ0v) is 13.6. The average Bonchev–Trinajstić information content (AvgIpc) is 2.43. The standard InChI is InChI=1S/C11H19N3O5S2/c1-8(19-2)7-13-21(17,18)11-6-9(20(3,15)16)4-5-10(11)14-12/h4-6,8,13-14H,7,12H2,1-3H3. The van der Waals surface area contributed by atoms with Crippen LogP contribution in [-0.4, -0.2) is 42.8 Å². The third-order valence-corrected chi connectivity index (χ3v) is 5.36. The molecule has 0 radical (unpaired) electrons. The van der Waals surface area contributed by atoms with Crippen molar-refractivity contribution in [1.29, 1.82) is 0 Å². The van der Waals surface area contributed by atoms with E-state index in [2.05, 4.69) is 10.1 Å². The molecule has 0 saturated carbocycles. The molecule has 10 heteroatoms. The van der Waals surface area contributed by atoms with Gasteiger partial charge >= 0.3 is 0 Å². The number of sulfonamides is 1. The van der Waals surface area contributed by atoms with E-state index in [4.69, 9.17) is 10.6 Å². The van der Waals surface area contributed by atoms with Crippen molar-refractivity contribution in [1.82, 2.24) is 4.72 Å². The van der Waals surface area contributed by atoms with Crippen molar-refractivity contribution in [3.8, 4) is 0 Å². The maximum Gasteiger partial charge on any atom is 0.242 e. The number of nitrogens with one attached hydrogen (secondary N) is 2. The summed E-state index contributed by atoms with van der Waals surface area (Å²) < 4.78 is 54.9. The molecule has 120 valence electrons. The second-order valence-electron chi connectivity index (χ2n) is 4.47. The first kappa shape index (κ1) is 17.9. The maximum absolute atomic E-state index is 12.3. The molecule has 1 aromatic carbocycles. The molecule has 0 spiro atoms. The highest BCUT2D eigenvalue weighted by Gasteiger charge is 2.21. The van der Waals surface area contributed by atoms with Gasteiger partial charge < -0.3 is 10.2 Å². The van der Waals surface area contributed by atoms with Crippen LogP contribution in [0.15, 0.2) is 28.0 Å². The molecule has 21 heavy (non-hydrogen) atoms. The molecule has 0 fully saturated rings. The molecule has 0 aliphatic heterocycles. The summed E-state index contributed by atoms with van der Waals surface area (Å²) in [6.07, 6.45) is 0.668. The quantitative estimate of drug-likeness (QED) is 0.460. The summed E-state index contributed by atoms with van der Waals surface area (Å²) in [5.74, 6) is 5.27. The first-order chi connectivity index (χ1) is 9.61. The van der Waals surface area contributed by atoms with E-state index >= 15 is 0 Å². The largest absolute Gasteiger partial charge is 0.380 e. The predicted molar refractivity (Wildman–Crippen MR) is 79.0 cm³/mol. The minimum absolute atomic E-state index is 0.0476. The van der Waals surface area contributed by atoms with Gasteiger partial charge in [-0.05, 0) is 25.1 Å². The third-order valence-electron chi connectivity index (χ3n) is 2.79. The van der Waals surface area contributed by atoms with E-state index in [1.807, 2.05) is 0 Å². The minimum Gasteiger partial charge on any atom is -0.380 e. The Hall–Kier alpha value is -1.20. The molecular weight excluding hydrogens is 318 g/mol. The lowest BCUT2D eigenvalue weighted by atomic mass is 10.3. The van der Waals surface area contributed by atoms with Crippen molar-refractivity contribution in [2.45, 2.75) is 22.8 Å². The summed E-state index contributed by atoms with van der Waals surface area (Å²) in [4.78, 5) is -0.349. The van der Waals surface area contributed by atoms with Crippen LogP contribution < -0.4 is 16.0 Å². The van der Waals surface area contributed by atoms with Gasteiger partial charge in [-0.3, -0.25) is 5.84 Å². The summed E-state index contributed by atoms with van der Waals surface area (Å²) in [7, 11) is -6.01. The zero-order valence-electron chi connectivity index (χ0n) is 12.0. The van der Waals surface area contributed by atoms with Crippen molar-refractivity contribution in [2.24, 2.45) is 5.84 Å². The molecule has 8 nitrogen and oxygen atoms in total. The van der Waals surface area contributed by atoms with Gasteiger partial charge in [-0.15, -0.1) is 0 Å². The fourth-order valence-corrected chi connectivity index (χ4v) is 3.49. The number of rotatable bonds is 7. The summed E-state index contributed by atoms with van der Waals surface area (Å²) >= 11 is 0. The molecular formula is C11H19N3O5S2. The Morgan fingerprint density at radius 1 is 1.29 bits per heavy atom. The second kappa shape index (κ2) is 6.71. The van der Waals surface area contributed by atoms with Gasteiger partial charge in [0.1, 0.15) is 4.90 Å². The Morgan fingerprint density at radius 3 is 2.38 bits per heavy atom. The predicted octanol–water partition coefficient (Wildman–Crippen LogP) is -0.311. The van der Waals surface area contributed by atoms with Gasteiger partial charge in [-0.2, -0.15) is 0 Å². The molecule has 0 heterocycles. The van der Waals surface area contributed by atoms with E-state index in [1.54, 1.807) is 6.92 Å². The Kier molecular flexibility index (Phi) is 5.70. The number of nitrogens with two attached hydrogens (primary N) is 1. The van der Waals surface area contributed by atoms with Crippen LogP contribution in [0, 0.1) is 0 Å². The fraction of sp³-hybridized carbons (Fsp3) is 0.455. The topological polar surface area (TPSA) is 128 Å². The summed E-state index contributed by atoms with van der Waals surface area (Å²) in [5, 5.41) is 0. The maximum atomic E-state index is 12.3. The van der Waals surface area contributed by atoms with Crippen LogP contribution in [0.5, 0.6) is 0 Å². The van der Waals surface area contributed by atoms with E-state index in [-0.39, 0.29) is 28.1 Å². The Morgan fingerprint density at radius 2 is 1.90 bits per heavy atom. The molecule has 1 unspecified atom stereocenters.